The van der Waals surface area contributed by atoms with Crippen molar-refractivity contribution in [1.29, 1.82) is 0 Å². The molecule has 142 valence electrons. The van der Waals surface area contributed by atoms with Gasteiger partial charge in [0, 0.05) is 24.2 Å². The molecule has 1 aromatic carbocycles. The number of hydrogen-bond donors (Lipinski definition) is 1. The zero-order valence-electron chi connectivity index (χ0n) is 15.0. The van der Waals surface area contributed by atoms with E-state index in [1.165, 1.54) is 32.1 Å². The Balaban J connectivity index is 1.63. The number of hydrogen-bond acceptors (Lipinski definition) is 4. The van der Waals surface area contributed by atoms with Crippen LogP contribution >= 0.6 is 15.9 Å². The molecule has 0 spiro atoms. The molecule has 1 heterocycles. The number of nitrogens with one attached hydrogen (secondary N) is 1. The Morgan fingerprint density at radius 1 is 1.23 bits per heavy atom. The van der Waals surface area contributed by atoms with Crippen molar-refractivity contribution in [3.8, 4) is 5.75 Å². The highest BCUT2D eigenvalue weighted by molar-refractivity contribution is 9.10. The molecule has 1 N–H and O–H groups in total. The molecular formula is C19H25BrN2O3S. The first-order chi connectivity index (χ1) is 12.4. The van der Waals surface area contributed by atoms with E-state index in [1.807, 2.05) is 6.07 Å². The number of sulfonamides is 1. The van der Waals surface area contributed by atoms with Crippen molar-refractivity contribution < 1.29 is 13.2 Å². The Morgan fingerprint density at radius 2 is 1.92 bits per heavy atom. The summed E-state index contributed by atoms with van der Waals surface area (Å²) in [5, 5.41) is 0. The summed E-state index contributed by atoms with van der Waals surface area (Å²) in [4.78, 5) is 2.79. The van der Waals surface area contributed by atoms with Gasteiger partial charge in [0.25, 0.3) is 0 Å². The highest BCUT2D eigenvalue weighted by Crippen LogP contribution is 2.62. The molecule has 4 saturated carbocycles. The Kier molecular flexibility index (Phi) is 3.90. The lowest BCUT2D eigenvalue weighted by atomic mass is 9.49. The summed E-state index contributed by atoms with van der Waals surface area (Å²) >= 11 is 3.56. The molecule has 4 fully saturated rings. The Morgan fingerprint density at radius 3 is 2.50 bits per heavy atom. The fourth-order valence-corrected chi connectivity index (χ4v) is 7.51. The number of ether oxygens (including phenoxy) is 1. The van der Waals surface area contributed by atoms with Crippen LogP contribution in [0, 0.1) is 11.8 Å². The normalized spacial score (nSPS) is 35.2. The van der Waals surface area contributed by atoms with Crippen LogP contribution in [0.15, 0.2) is 21.5 Å². The molecule has 1 aliphatic heterocycles. The van der Waals surface area contributed by atoms with Crippen LogP contribution in [0.1, 0.15) is 44.9 Å². The first-order valence-corrected chi connectivity index (χ1v) is 11.9. The molecule has 0 aromatic heterocycles. The number of nitrogens with zero attached hydrogens (tertiary/aromatic N) is 1. The average molecular weight is 441 g/mol. The number of rotatable bonds is 3. The van der Waals surface area contributed by atoms with Crippen molar-refractivity contribution in [1.82, 2.24) is 4.72 Å². The lowest BCUT2D eigenvalue weighted by Crippen LogP contribution is -2.70. The minimum Gasteiger partial charge on any atom is -0.496 e. The maximum absolute atomic E-state index is 13.2. The zero-order chi connectivity index (χ0) is 18.1. The first-order valence-electron chi connectivity index (χ1n) is 9.59. The van der Waals surface area contributed by atoms with Gasteiger partial charge in [0.2, 0.25) is 10.0 Å². The van der Waals surface area contributed by atoms with Gasteiger partial charge in [-0.15, -0.1) is 0 Å². The largest absolute Gasteiger partial charge is 0.496 e. The standard InChI is InChI=1S/C19H25BrN2O3S/c1-25-17-7-18-16(6-14(17)20)22(19-8-12(9-19)10-19)11-15(21-26(18,23)24)13-4-2-3-5-13/h6-7,12-13,15,21H,2-5,8-11H2,1H3/t12?,15-,19?/m0/s1. The van der Waals surface area contributed by atoms with Gasteiger partial charge in [-0.05, 0) is 65.9 Å². The van der Waals surface area contributed by atoms with E-state index in [0.29, 0.717) is 16.6 Å². The third-order valence-electron chi connectivity index (χ3n) is 7.05. The van der Waals surface area contributed by atoms with Gasteiger partial charge in [-0.1, -0.05) is 12.8 Å². The Hall–Kier alpha value is -0.790. The number of fused-ring (bicyclic) bond motifs is 1. The second-order valence-corrected chi connectivity index (χ2v) is 11.1. The lowest BCUT2D eigenvalue weighted by Gasteiger charge is -2.67. The van der Waals surface area contributed by atoms with Crippen LogP contribution in [-0.2, 0) is 10.0 Å². The van der Waals surface area contributed by atoms with Crippen LogP contribution in [0.4, 0.5) is 5.69 Å². The molecule has 26 heavy (non-hydrogen) atoms. The van der Waals surface area contributed by atoms with E-state index in [-0.39, 0.29) is 11.6 Å². The van der Waals surface area contributed by atoms with Gasteiger partial charge in [0.1, 0.15) is 10.6 Å². The molecule has 0 unspecified atom stereocenters. The van der Waals surface area contributed by atoms with E-state index in [1.54, 1.807) is 13.2 Å². The third-order valence-corrected chi connectivity index (χ3v) is 9.19. The van der Waals surface area contributed by atoms with Gasteiger partial charge in [0.05, 0.1) is 17.3 Å². The van der Waals surface area contributed by atoms with Crippen LogP contribution in [0.3, 0.4) is 0 Å². The molecule has 1 atom stereocenters. The minimum absolute atomic E-state index is 0.00584. The van der Waals surface area contributed by atoms with Gasteiger partial charge in [-0.3, -0.25) is 0 Å². The SMILES string of the molecule is COc1cc2c(cc1Br)N(C13CC(C1)C3)C[C@@H](C1CCCC1)NS2(=O)=O. The van der Waals surface area contributed by atoms with Crippen LogP contribution in [0.2, 0.25) is 0 Å². The number of methoxy groups -OCH3 is 1. The summed E-state index contributed by atoms with van der Waals surface area (Å²) in [5.74, 6) is 1.85. The van der Waals surface area contributed by atoms with Crippen LogP contribution in [-0.4, -0.2) is 33.7 Å². The van der Waals surface area contributed by atoms with Gasteiger partial charge < -0.3 is 9.64 Å². The molecule has 1 aromatic rings. The minimum atomic E-state index is -3.57. The van der Waals surface area contributed by atoms with E-state index >= 15 is 0 Å². The van der Waals surface area contributed by atoms with E-state index in [9.17, 15) is 8.42 Å². The molecule has 7 heteroatoms. The first kappa shape index (κ1) is 17.3. The Labute approximate surface area is 163 Å². The van der Waals surface area contributed by atoms with Crippen molar-refractivity contribution in [2.45, 2.75) is 61.4 Å². The lowest BCUT2D eigenvalue weighted by molar-refractivity contribution is -0.0266. The van der Waals surface area contributed by atoms with Crippen molar-refractivity contribution in [2.24, 2.45) is 11.8 Å². The van der Waals surface area contributed by atoms with Gasteiger partial charge >= 0.3 is 0 Å². The van der Waals surface area contributed by atoms with E-state index < -0.39 is 10.0 Å². The van der Waals surface area contributed by atoms with Crippen molar-refractivity contribution >= 4 is 31.6 Å². The van der Waals surface area contributed by atoms with E-state index in [0.717, 1.165) is 35.5 Å². The summed E-state index contributed by atoms with van der Waals surface area (Å²) in [5.41, 5.74) is 1.01. The topological polar surface area (TPSA) is 58.6 Å². The molecule has 5 aliphatic rings. The predicted molar refractivity (Wildman–Crippen MR) is 104 cm³/mol. The molecule has 0 saturated heterocycles. The second-order valence-electron chi connectivity index (χ2n) is 8.54. The number of benzene rings is 1. The maximum Gasteiger partial charge on any atom is 0.243 e. The fraction of sp³-hybridized carbons (Fsp3) is 0.684. The zero-order valence-corrected chi connectivity index (χ0v) is 17.4. The third kappa shape index (κ3) is 2.46. The van der Waals surface area contributed by atoms with Crippen molar-refractivity contribution in [3.05, 3.63) is 16.6 Å². The molecule has 0 radical (unpaired) electrons. The number of halogens is 1. The summed E-state index contributed by atoms with van der Waals surface area (Å²) in [6.07, 6.45) is 8.28. The highest BCUT2D eigenvalue weighted by Gasteiger charge is 2.61. The summed E-state index contributed by atoms with van der Waals surface area (Å²) in [6.45, 7) is 0.780. The molecule has 5 nitrogen and oxygen atoms in total. The summed E-state index contributed by atoms with van der Waals surface area (Å²) < 4.78 is 35.7. The van der Waals surface area contributed by atoms with E-state index in [4.69, 9.17) is 4.74 Å². The molecule has 2 bridgehead atoms. The summed E-state index contributed by atoms with van der Waals surface area (Å²) in [6, 6.07) is 3.62. The number of anilines is 1. The monoisotopic (exact) mass is 440 g/mol. The smallest absolute Gasteiger partial charge is 0.243 e. The van der Waals surface area contributed by atoms with Crippen LogP contribution < -0.4 is 14.4 Å². The molecule has 4 aliphatic carbocycles. The summed E-state index contributed by atoms with van der Waals surface area (Å²) in [7, 11) is -1.99. The van der Waals surface area contributed by atoms with Gasteiger partial charge in [-0.25, -0.2) is 13.1 Å². The van der Waals surface area contributed by atoms with Gasteiger partial charge in [-0.2, -0.15) is 0 Å². The molecule has 0 amide bonds. The predicted octanol–water partition coefficient (Wildman–Crippen LogP) is 3.67. The van der Waals surface area contributed by atoms with Crippen LogP contribution in [0.5, 0.6) is 5.75 Å². The Bertz CT molecular complexity index is 834. The molecular weight excluding hydrogens is 416 g/mol. The fourth-order valence-electron chi connectivity index (χ4n) is 5.52. The van der Waals surface area contributed by atoms with E-state index in [2.05, 4.69) is 25.6 Å². The van der Waals surface area contributed by atoms with Crippen LogP contribution in [0.25, 0.3) is 0 Å². The van der Waals surface area contributed by atoms with Crippen molar-refractivity contribution in [2.75, 3.05) is 18.6 Å². The van der Waals surface area contributed by atoms with Crippen molar-refractivity contribution in [3.63, 3.8) is 0 Å². The second kappa shape index (κ2) is 5.85. The highest BCUT2D eigenvalue weighted by atomic mass is 79.9. The average Bonchev–Trinajstić information content (AvgIpc) is 3.00. The quantitative estimate of drug-likeness (QED) is 0.778. The van der Waals surface area contributed by atoms with Gasteiger partial charge in [0.15, 0.2) is 0 Å². The molecule has 6 rings (SSSR count). The maximum atomic E-state index is 13.2.